The van der Waals surface area contributed by atoms with Gasteiger partial charge in [-0.2, -0.15) is 0 Å². The van der Waals surface area contributed by atoms with E-state index >= 15 is 0 Å². The Kier molecular flexibility index (Phi) is 5.25. The molecule has 4 saturated carbocycles. The number of hydrogen-bond acceptors (Lipinski definition) is 4. The maximum absolute atomic E-state index is 12.4. The summed E-state index contributed by atoms with van der Waals surface area (Å²) in [6.07, 6.45) is 7.23. The highest BCUT2D eigenvalue weighted by atomic mass is 16.7. The quantitative estimate of drug-likeness (QED) is 0.378. The number of esters is 1. The summed E-state index contributed by atoms with van der Waals surface area (Å²) >= 11 is 0. The summed E-state index contributed by atoms with van der Waals surface area (Å²) < 4.78 is 18.2. The first-order valence-electron chi connectivity index (χ1n) is 10.1. The minimum absolute atomic E-state index is 0.0139. The molecule has 4 bridgehead atoms. The third-order valence-corrected chi connectivity index (χ3v) is 6.27. The summed E-state index contributed by atoms with van der Waals surface area (Å²) in [5, 5.41) is 0. The van der Waals surface area contributed by atoms with Gasteiger partial charge in [-0.1, -0.05) is 34.6 Å². The van der Waals surface area contributed by atoms with Crippen LogP contribution in [-0.2, 0) is 19.0 Å². The average Bonchev–Trinajstić information content (AvgIpc) is 2.48. The number of carbonyl (C=O) groups excluding carboxylic acids is 1. The van der Waals surface area contributed by atoms with Crippen molar-refractivity contribution in [2.45, 2.75) is 90.8 Å². The molecule has 4 aliphatic rings. The Morgan fingerprint density at radius 2 is 1.72 bits per heavy atom. The van der Waals surface area contributed by atoms with Crippen LogP contribution >= 0.6 is 0 Å². The number of ether oxygens (including phenoxy) is 3. The van der Waals surface area contributed by atoms with Crippen LogP contribution in [0.1, 0.15) is 79.6 Å². The van der Waals surface area contributed by atoms with E-state index in [-0.39, 0.29) is 28.5 Å². The molecular formula is C21H36O4. The standard InChI is InChI=1S/C21H36O4/c1-6-15(2)18(22)25-21-10-16-7-17(11-21)9-20(8-16,12-21)24-14-23-13-19(3,4)5/h15-17H,6-14H2,1-5H3. The normalized spacial score (nSPS) is 38.0. The molecule has 0 saturated heterocycles. The third-order valence-electron chi connectivity index (χ3n) is 6.27. The Balaban J connectivity index is 1.63. The topological polar surface area (TPSA) is 44.8 Å². The molecule has 144 valence electrons. The summed E-state index contributed by atoms with van der Waals surface area (Å²) in [6, 6.07) is 0. The van der Waals surface area contributed by atoms with Gasteiger partial charge in [0, 0.05) is 6.42 Å². The van der Waals surface area contributed by atoms with Gasteiger partial charge in [0.05, 0.1) is 18.1 Å². The van der Waals surface area contributed by atoms with Gasteiger partial charge in [-0.3, -0.25) is 4.79 Å². The molecule has 0 heterocycles. The maximum atomic E-state index is 12.4. The largest absolute Gasteiger partial charge is 0.459 e. The van der Waals surface area contributed by atoms with E-state index in [9.17, 15) is 4.79 Å². The van der Waals surface area contributed by atoms with E-state index in [1.54, 1.807) is 0 Å². The van der Waals surface area contributed by atoms with Gasteiger partial charge in [0.25, 0.3) is 0 Å². The first-order chi connectivity index (χ1) is 11.6. The highest BCUT2D eigenvalue weighted by molar-refractivity contribution is 5.72. The zero-order valence-corrected chi connectivity index (χ0v) is 16.7. The van der Waals surface area contributed by atoms with Gasteiger partial charge in [-0.05, 0) is 55.8 Å². The van der Waals surface area contributed by atoms with Crippen molar-refractivity contribution in [2.24, 2.45) is 23.2 Å². The molecule has 4 aliphatic carbocycles. The minimum Gasteiger partial charge on any atom is -0.459 e. The van der Waals surface area contributed by atoms with E-state index in [4.69, 9.17) is 14.2 Å². The Bertz CT molecular complexity index is 479. The Hall–Kier alpha value is -0.610. The molecule has 0 amide bonds. The predicted molar refractivity (Wildman–Crippen MR) is 97.1 cm³/mol. The fourth-order valence-electron chi connectivity index (χ4n) is 5.38. The van der Waals surface area contributed by atoms with Crippen molar-refractivity contribution >= 4 is 5.97 Å². The van der Waals surface area contributed by atoms with Crippen LogP contribution in [0.5, 0.6) is 0 Å². The van der Waals surface area contributed by atoms with Gasteiger partial charge in [0.1, 0.15) is 12.4 Å². The van der Waals surface area contributed by atoms with Crippen LogP contribution < -0.4 is 0 Å². The third kappa shape index (κ3) is 4.39. The first kappa shape index (κ1) is 19.2. The molecule has 0 spiro atoms. The van der Waals surface area contributed by atoms with Crippen molar-refractivity contribution in [3.05, 3.63) is 0 Å². The van der Waals surface area contributed by atoms with Gasteiger partial charge in [-0.25, -0.2) is 0 Å². The molecule has 3 atom stereocenters. The SMILES string of the molecule is CCC(C)C(=O)OC12CC3CC(CC(OCOCC(C)(C)C)(C3)C1)C2. The number of hydrogen-bond donors (Lipinski definition) is 0. The number of rotatable bonds is 7. The van der Waals surface area contributed by atoms with E-state index in [0.29, 0.717) is 25.2 Å². The van der Waals surface area contributed by atoms with E-state index in [0.717, 1.165) is 38.5 Å². The van der Waals surface area contributed by atoms with Crippen molar-refractivity contribution in [1.29, 1.82) is 0 Å². The molecule has 0 radical (unpaired) electrons. The van der Waals surface area contributed by atoms with Crippen LogP contribution in [0.3, 0.4) is 0 Å². The molecular weight excluding hydrogens is 316 g/mol. The second-order valence-electron chi connectivity index (χ2n) is 10.2. The molecule has 0 N–H and O–H groups in total. The Morgan fingerprint density at radius 1 is 1.12 bits per heavy atom. The second kappa shape index (κ2) is 6.84. The summed E-state index contributed by atoms with van der Waals surface area (Å²) in [5.41, 5.74) is -0.274. The monoisotopic (exact) mass is 352 g/mol. The summed E-state index contributed by atoms with van der Waals surface area (Å²) in [4.78, 5) is 12.4. The molecule has 4 rings (SSSR count). The fourth-order valence-corrected chi connectivity index (χ4v) is 5.38. The van der Waals surface area contributed by atoms with Crippen LogP contribution in [0.4, 0.5) is 0 Å². The van der Waals surface area contributed by atoms with Crippen LogP contribution in [0.2, 0.25) is 0 Å². The summed E-state index contributed by atoms with van der Waals surface area (Å²) in [5.74, 6) is 1.23. The van der Waals surface area contributed by atoms with Crippen LogP contribution in [0.15, 0.2) is 0 Å². The highest BCUT2D eigenvalue weighted by Gasteiger charge is 2.60. The zero-order chi connectivity index (χ0) is 18.3. The lowest BCUT2D eigenvalue weighted by atomic mass is 9.52. The van der Waals surface area contributed by atoms with E-state index < -0.39 is 0 Å². The maximum Gasteiger partial charge on any atom is 0.309 e. The van der Waals surface area contributed by atoms with Crippen molar-refractivity contribution < 1.29 is 19.0 Å². The second-order valence-corrected chi connectivity index (χ2v) is 10.2. The lowest BCUT2D eigenvalue weighted by molar-refractivity contribution is -0.257. The smallest absolute Gasteiger partial charge is 0.309 e. The van der Waals surface area contributed by atoms with Crippen molar-refractivity contribution in [2.75, 3.05) is 13.4 Å². The van der Waals surface area contributed by atoms with Crippen molar-refractivity contribution in [3.8, 4) is 0 Å². The summed E-state index contributed by atoms with van der Waals surface area (Å²) in [7, 11) is 0. The molecule has 4 heteroatoms. The Morgan fingerprint density at radius 3 is 2.28 bits per heavy atom. The summed E-state index contributed by atoms with van der Waals surface area (Å²) in [6.45, 7) is 11.6. The van der Waals surface area contributed by atoms with Gasteiger partial charge < -0.3 is 14.2 Å². The number of carbonyl (C=O) groups is 1. The molecule has 0 aromatic carbocycles. The van der Waals surface area contributed by atoms with Crippen LogP contribution in [0, 0.1) is 23.2 Å². The Labute approximate surface area is 153 Å². The van der Waals surface area contributed by atoms with Gasteiger partial charge in [0.2, 0.25) is 0 Å². The molecule has 0 aromatic rings. The molecule has 0 aliphatic heterocycles. The highest BCUT2D eigenvalue weighted by Crippen LogP contribution is 2.60. The van der Waals surface area contributed by atoms with E-state index in [2.05, 4.69) is 20.8 Å². The van der Waals surface area contributed by atoms with Crippen LogP contribution in [0.25, 0.3) is 0 Å². The van der Waals surface area contributed by atoms with Gasteiger partial charge in [0.15, 0.2) is 0 Å². The van der Waals surface area contributed by atoms with Gasteiger partial charge >= 0.3 is 5.97 Å². The first-order valence-corrected chi connectivity index (χ1v) is 10.1. The van der Waals surface area contributed by atoms with Crippen molar-refractivity contribution in [1.82, 2.24) is 0 Å². The molecule has 4 fully saturated rings. The lowest BCUT2D eigenvalue weighted by Crippen LogP contribution is -2.61. The van der Waals surface area contributed by atoms with E-state index in [1.807, 2.05) is 13.8 Å². The molecule has 25 heavy (non-hydrogen) atoms. The zero-order valence-electron chi connectivity index (χ0n) is 16.7. The average molecular weight is 353 g/mol. The minimum atomic E-state index is -0.283. The molecule has 3 unspecified atom stereocenters. The van der Waals surface area contributed by atoms with E-state index in [1.165, 1.54) is 6.42 Å². The predicted octanol–water partition coefficient (Wildman–Crippen LogP) is 4.70. The van der Waals surface area contributed by atoms with Gasteiger partial charge in [-0.15, -0.1) is 0 Å². The molecule has 4 nitrogen and oxygen atoms in total. The fraction of sp³-hybridized carbons (Fsp3) is 0.952. The lowest BCUT2D eigenvalue weighted by Gasteiger charge is -2.60. The van der Waals surface area contributed by atoms with Crippen molar-refractivity contribution in [3.63, 3.8) is 0 Å². The molecule has 0 aromatic heterocycles. The van der Waals surface area contributed by atoms with Crippen LogP contribution in [-0.4, -0.2) is 30.6 Å².